The van der Waals surface area contributed by atoms with Crippen molar-refractivity contribution in [2.75, 3.05) is 20.2 Å². The molecule has 0 radical (unpaired) electrons. The summed E-state index contributed by atoms with van der Waals surface area (Å²) in [5.41, 5.74) is 2.83. The van der Waals surface area contributed by atoms with Gasteiger partial charge in [0.15, 0.2) is 5.76 Å². The van der Waals surface area contributed by atoms with Gasteiger partial charge in [-0.05, 0) is 37.0 Å². The SMILES string of the molecule is COc1ccc2c(c1C1CCN(C(=O)O)CC1)O/C(=C\c1n[nH]c3ccccc13)C2=O. The summed E-state index contributed by atoms with van der Waals surface area (Å²) in [6.45, 7) is 0.867. The third kappa shape index (κ3) is 3.20. The number of rotatable bonds is 3. The van der Waals surface area contributed by atoms with Crippen molar-refractivity contribution < 1.29 is 24.2 Å². The number of fused-ring (bicyclic) bond motifs is 2. The summed E-state index contributed by atoms with van der Waals surface area (Å²) in [5, 5.41) is 17.4. The largest absolute Gasteiger partial charge is 0.496 e. The molecule has 2 N–H and O–H groups in total. The summed E-state index contributed by atoms with van der Waals surface area (Å²) in [5.74, 6) is 1.20. The van der Waals surface area contributed by atoms with E-state index in [2.05, 4.69) is 10.2 Å². The molecule has 2 aliphatic rings. The molecule has 0 aliphatic carbocycles. The van der Waals surface area contributed by atoms with E-state index in [9.17, 15) is 14.7 Å². The first-order chi connectivity index (χ1) is 15.1. The molecule has 3 heterocycles. The number of nitrogens with one attached hydrogen (secondary N) is 1. The Morgan fingerprint density at radius 2 is 2.03 bits per heavy atom. The second-order valence-electron chi connectivity index (χ2n) is 7.70. The maximum Gasteiger partial charge on any atom is 0.407 e. The third-order valence-electron chi connectivity index (χ3n) is 6.00. The zero-order valence-electron chi connectivity index (χ0n) is 16.9. The fraction of sp³-hybridized carbons (Fsp3) is 0.261. The van der Waals surface area contributed by atoms with Gasteiger partial charge in [0.25, 0.3) is 0 Å². The Morgan fingerprint density at radius 1 is 1.26 bits per heavy atom. The molecule has 5 rings (SSSR count). The van der Waals surface area contributed by atoms with Gasteiger partial charge in [-0.3, -0.25) is 9.89 Å². The number of likely N-dealkylation sites (tertiary alicyclic amines) is 1. The summed E-state index contributed by atoms with van der Waals surface area (Å²) in [7, 11) is 1.58. The van der Waals surface area contributed by atoms with Gasteiger partial charge < -0.3 is 19.5 Å². The van der Waals surface area contributed by atoms with Crippen LogP contribution in [0.5, 0.6) is 11.5 Å². The van der Waals surface area contributed by atoms with Crippen LogP contribution in [0.4, 0.5) is 4.79 Å². The lowest BCUT2D eigenvalue weighted by molar-refractivity contribution is 0.101. The fourth-order valence-corrected chi connectivity index (χ4v) is 4.40. The van der Waals surface area contributed by atoms with Crippen molar-refractivity contribution >= 4 is 28.9 Å². The molecule has 1 amide bonds. The van der Waals surface area contributed by atoms with Gasteiger partial charge in [-0.2, -0.15) is 5.10 Å². The van der Waals surface area contributed by atoms with E-state index in [0.717, 1.165) is 16.5 Å². The smallest absolute Gasteiger partial charge is 0.407 e. The molecule has 2 aliphatic heterocycles. The van der Waals surface area contributed by atoms with Crippen molar-refractivity contribution in [3.63, 3.8) is 0 Å². The predicted molar refractivity (Wildman–Crippen MR) is 114 cm³/mol. The molecule has 8 nitrogen and oxygen atoms in total. The van der Waals surface area contributed by atoms with Crippen LogP contribution in [0.2, 0.25) is 0 Å². The number of piperidine rings is 1. The van der Waals surface area contributed by atoms with E-state index in [1.165, 1.54) is 4.90 Å². The highest BCUT2D eigenvalue weighted by atomic mass is 16.5. The Kier molecular flexibility index (Phi) is 4.62. The number of allylic oxidation sites excluding steroid dienone is 1. The van der Waals surface area contributed by atoms with Gasteiger partial charge in [0.05, 0.1) is 23.9 Å². The number of hydrogen-bond acceptors (Lipinski definition) is 5. The standard InChI is InChI=1S/C23H21N3O5/c1-30-18-7-6-15-21(27)19(12-17-14-4-2-3-5-16(14)24-25-17)31-22(15)20(18)13-8-10-26(11-9-13)23(28)29/h2-7,12-13H,8-11H2,1H3,(H,24,25)(H,28,29)/b19-12-. The number of ether oxygens (including phenoxy) is 2. The number of carboxylic acid groups (broad SMARTS) is 1. The number of nitrogens with zero attached hydrogens (tertiary/aromatic N) is 2. The molecule has 0 bridgehead atoms. The minimum Gasteiger partial charge on any atom is -0.496 e. The number of aromatic nitrogens is 2. The van der Waals surface area contributed by atoms with Gasteiger partial charge in [-0.1, -0.05) is 18.2 Å². The average Bonchev–Trinajstić information content (AvgIpc) is 3.34. The van der Waals surface area contributed by atoms with Crippen LogP contribution in [-0.4, -0.2) is 52.3 Å². The van der Waals surface area contributed by atoms with Crippen LogP contribution in [0.15, 0.2) is 42.2 Å². The molecular weight excluding hydrogens is 398 g/mol. The van der Waals surface area contributed by atoms with E-state index < -0.39 is 6.09 Å². The lowest BCUT2D eigenvalue weighted by atomic mass is 9.87. The maximum atomic E-state index is 13.1. The Hall–Kier alpha value is -3.81. The number of hydrogen-bond donors (Lipinski definition) is 2. The molecule has 0 unspecified atom stereocenters. The molecule has 1 fully saturated rings. The first kappa shape index (κ1) is 19.2. The van der Waals surface area contributed by atoms with Crippen LogP contribution in [0, 0.1) is 0 Å². The Morgan fingerprint density at radius 3 is 2.77 bits per heavy atom. The lowest BCUT2D eigenvalue weighted by Crippen LogP contribution is -2.36. The van der Waals surface area contributed by atoms with Gasteiger partial charge in [0.2, 0.25) is 5.78 Å². The summed E-state index contributed by atoms with van der Waals surface area (Å²) in [6, 6.07) is 11.2. The van der Waals surface area contributed by atoms with E-state index >= 15 is 0 Å². The van der Waals surface area contributed by atoms with Crippen LogP contribution < -0.4 is 9.47 Å². The zero-order chi connectivity index (χ0) is 21.5. The highest BCUT2D eigenvalue weighted by molar-refractivity contribution is 6.15. The summed E-state index contributed by atoms with van der Waals surface area (Å²) >= 11 is 0. The molecule has 1 saturated heterocycles. The zero-order valence-corrected chi connectivity index (χ0v) is 16.9. The maximum absolute atomic E-state index is 13.1. The number of H-pyrrole nitrogens is 1. The average molecular weight is 419 g/mol. The number of carbonyl (C=O) groups is 2. The number of carbonyl (C=O) groups excluding carboxylic acids is 1. The quantitative estimate of drug-likeness (QED) is 0.621. The molecule has 0 atom stereocenters. The predicted octanol–water partition coefficient (Wildman–Crippen LogP) is 4.05. The van der Waals surface area contributed by atoms with Gasteiger partial charge >= 0.3 is 6.09 Å². The Bertz CT molecular complexity index is 1220. The Balaban J connectivity index is 1.51. The molecule has 0 saturated carbocycles. The van der Waals surface area contributed by atoms with E-state index in [1.54, 1.807) is 25.3 Å². The monoisotopic (exact) mass is 419 g/mol. The molecule has 2 aromatic carbocycles. The highest BCUT2D eigenvalue weighted by Crippen LogP contribution is 2.46. The van der Waals surface area contributed by atoms with Gasteiger partial charge in [0, 0.05) is 30.1 Å². The van der Waals surface area contributed by atoms with Crippen LogP contribution in [0.3, 0.4) is 0 Å². The van der Waals surface area contributed by atoms with E-state index in [4.69, 9.17) is 9.47 Å². The molecule has 0 spiro atoms. The number of ketones is 1. The molecule has 31 heavy (non-hydrogen) atoms. The van der Waals surface area contributed by atoms with Crippen molar-refractivity contribution in [1.82, 2.24) is 15.1 Å². The summed E-state index contributed by atoms with van der Waals surface area (Å²) < 4.78 is 11.7. The number of para-hydroxylation sites is 1. The second kappa shape index (κ2) is 7.46. The number of aromatic amines is 1. The molecular formula is C23H21N3O5. The number of methoxy groups -OCH3 is 1. The Labute approximate surface area is 178 Å². The van der Waals surface area contributed by atoms with Crippen LogP contribution in [0.1, 0.15) is 40.4 Å². The first-order valence-corrected chi connectivity index (χ1v) is 10.1. The number of amides is 1. The normalized spacial score (nSPS) is 17.8. The highest BCUT2D eigenvalue weighted by Gasteiger charge is 2.36. The van der Waals surface area contributed by atoms with Crippen molar-refractivity contribution in [1.29, 1.82) is 0 Å². The second-order valence-corrected chi connectivity index (χ2v) is 7.70. The minimum atomic E-state index is -0.911. The van der Waals surface area contributed by atoms with E-state index in [1.807, 2.05) is 24.3 Å². The van der Waals surface area contributed by atoms with Crippen LogP contribution in [0.25, 0.3) is 17.0 Å². The van der Waals surface area contributed by atoms with Crippen molar-refractivity contribution in [3.05, 3.63) is 59.0 Å². The molecule has 158 valence electrons. The van der Waals surface area contributed by atoms with E-state index in [-0.39, 0.29) is 17.5 Å². The van der Waals surface area contributed by atoms with Crippen molar-refractivity contribution in [3.8, 4) is 11.5 Å². The van der Waals surface area contributed by atoms with Gasteiger partial charge in [-0.25, -0.2) is 4.79 Å². The first-order valence-electron chi connectivity index (χ1n) is 10.1. The summed E-state index contributed by atoms with van der Waals surface area (Å²) in [6.07, 6.45) is 2.02. The minimum absolute atomic E-state index is 0.0406. The molecule has 8 heteroatoms. The fourth-order valence-electron chi connectivity index (χ4n) is 4.40. The van der Waals surface area contributed by atoms with Gasteiger partial charge in [0.1, 0.15) is 11.5 Å². The number of benzene rings is 2. The molecule has 1 aromatic heterocycles. The van der Waals surface area contributed by atoms with Crippen molar-refractivity contribution in [2.45, 2.75) is 18.8 Å². The van der Waals surface area contributed by atoms with Gasteiger partial charge in [-0.15, -0.1) is 0 Å². The topological polar surface area (TPSA) is 105 Å². The van der Waals surface area contributed by atoms with Crippen LogP contribution in [-0.2, 0) is 0 Å². The lowest BCUT2D eigenvalue weighted by Gasteiger charge is -2.31. The van der Waals surface area contributed by atoms with Crippen LogP contribution >= 0.6 is 0 Å². The number of Topliss-reactive ketones (excluding diaryl/α,β-unsaturated/α-hetero) is 1. The van der Waals surface area contributed by atoms with E-state index in [0.29, 0.717) is 48.7 Å². The summed E-state index contributed by atoms with van der Waals surface area (Å²) in [4.78, 5) is 25.7. The van der Waals surface area contributed by atoms with Crippen molar-refractivity contribution in [2.24, 2.45) is 0 Å². The molecule has 3 aromatic rings. The third-order valence-corrected chi connectivity index (χ3v) is 6.00.